The molecule has 0 fully saturated rings. The molecule has 0 saturated heterocycles. The lowest BCUT2D eigenvalue weighted by Crippen LogP contribution is -2.18. The van der Waals surface area contributed by atoms with E-state index in [1.165, 1.54) is 37.7 Å². The number of esters is 1. The smallest absolute Gasteiger partial charge is 0.338 e. The van der Waals surface area contributed by atoms with E-state index in [-0.39, 0.29) is 71.2 Å². The number of ether oxygens (including phenoxy) is 4. The van der Waals surface area contributed by atoms with Crippen LogP contribution in [0.15, 0.2) is 90.2 Å². The second-order valence-corrected chi connectivity index (χ2v) is 13.5. The number of nitrogens with one attached hydrogen (secondary N) is 2. The molecule has 21 heteroatoms. The predicted molar refractivity (Wildman–Crippen MR) is 193 cm³/mol. The third-order valence-corrected chi connectivity index (χ3v) is 9.00. The van der Waals surface area contributed by atoms with Gasteiger partial charge in [-0.1, -0.05) is 44.2 Å². The van der Waals surface area contributed by atoms with Crippen molar-refractivity contribution in [3.63, 3.8) is 0 Å². The summed E-state index contributed by atoms with van der Waals surface area (Å²) in [4.78, 5) is 35.0. The molecule has 290 valence electrons. The fourth-order valence-corrected chi connectivity index (χ4v) is 5.83. The van der Waals surface area contributed by atoms with Crippen molar-refractivity contribution in [1.29, 1.82) is 0 Å². The summed E-state index contributed by atoms with van der Waals surface area (Å²) >= 11 is 0. The molecule has 0 atom stereocenters. The Morgan fingerprint density at radius 2 is 1.75 bits per heavy atom. The van der Waals surface area contributed by atoms with Gasteiger partial charge >= 0.3 is 5.97 Å². The number of nitrogens with zero attached hydrogens (tertiary/aromatic N) is 8. The van der Waals surface area contributed by atoms with Crippen LogP contribution in [0.2, 0.25) is 0 Å². The van der Waals surface area contributed by atoms with Gasteiger partial charge in [0, 0.05) is 18.0 Å². The first-order valence-electron chi connectivity index (χ1n) is 16.6. The van der Waals surface area contributed by atoms with Crippen LogP contribution in [-0.2, 0) is 26.2 Å². The Hall–Kier alpha value is -6.65. The zero-order valence-electron chi connectivity index (χ0n) is 29.9. The Morgan fingerprint density at radius 3 is 2.43 bits per heavy atom. The highest BCUT2D eigenvalue weighted by atomic mass is 32.2. The Kier molecular flexibility index (Phi) is 12.3. The van der Waals surface area contributed by atoms with E-state index in [0.29, 0.717) is 22.6 Å². The summed E-state index contributed by atoms with van der Waals surface area (Å²) in [5, 5.41) is 30.5. The van der Waals surface area contributed by atoms with Gasteiger partial charge in [-0.05, 0) is 69.9 Å². The number of aromatic nitrogens is 8. The normalized spacial score (nSPS) is 11.4. The van der Waals surface area contributed by atoms with Crippen molar-refractivity contribution >= 4 is 21.8 Å². The molecule has 4 N–H and O–H groups in total. The van der Waals surface area contributed by atoms with Crippen LogP contribution in [0.4, 0.5) is 5.82 Å². The Balaban J connectivity index is 1.35. The van der Waals surface area contributed by atoms with Gasteiger partial charge in [0.25, 0.3) is 15.9 Å². The van der Waals surface area contributed by atoms with Crippen molar-refractivity contribution in [2.24, 2.45) is 0 Å². The number of hydrogen-bond acceptors (Lipinski definition) is 18. The zero-order chi connectivity index (χ0) is 39.7. The number of anilines is 1. The molecular formula is C35H34N10O10S. The number of para-hydroxylation sites is 2. The largest absolute Gasteiger partial charge is 0.493 e. The maximum Gasteiger partial charge on any atom is 0.338 e. The lowest BCUT2D eigenvalue weighted by atomic mass is 10.1. The van der Waals surface area contributed by atoms with Gasteiger partial charge in [0.15, 0.2) is 34.0 Å². The molecule has 0 aliphatic heterocycles. The van der Waals surface area contributed by atoms with Crippen LogP contribution >= 0.6 is 0 Å². The van der Waals surface area contributed by atoms with Gasteiger partial charge in [-0.2, -0.15) is 13.4 Å². The molecule has 0 spiro atoms. The molecule has 0 unspecified atom stereocenters. The molecule has 2 aromatic carbocycles. The van der Waals surface area contributed by atoms with E-state index in [9.17, 15) is 13.2 Å². The topological polar surface area (TPSA) is 259 Å². The number of H-pyrrole nitrogens is 1. The standard InChI is InChI=1S/C35H34N10O10S/c1-21(2)25-12-13-29(37-19-25)56(49,50)42-33-30(55-28-7-5-4-6-27(28)51-3)34(39-31(38-33)24-14-15-36-26(18-24)32-40-43-44-41-32)52-16-17-53-35(46)23-10-8-22(9-11-23)20-54-45(47)48/h4-15,18-19,21,47-48H,16-17,20H2,1-3H3,(H,38,39,42)(H,40,41,43,44). The summed E-state index contributed by atoms with van der Waals surface area (Å²) in [5.41, 5.74) is 2.29. The van der Waals surface area contributed by atoms with Crippen LogP contribution in [0.1, 0.15) is 41.3 Å². The van der Waals surface area contributed by atoms with E-state index in [4.69, 9.17) is 29.4 Å². The van der Waals surface area contributed by atoms with Crippen LogP contribution < -0.4 is 18.9 Å². The number of rotatable bonds is 17. The van der Waals surface area contributed by atoms with Crippen molar-refractivity contribution in [3.8, 4) is 46.0 Å². The third kappa shape index (κ3) is 9.71. The van der Waals surface area contributed by atoms with E-state index < -0.39 is 21.4 Å². The molecule has 0 radical (unpaired) electrons. The molecule has 0 bridgehead atoms. The molecule has 6 aromatic rings. The van der Waals surface area contributed by atoms with Gasteiger partial charge in [0.05, 0.1) is 24.7 Å². The Labute approximate surface area is 319 Å². The number of benzene rings is 2. The van der Waals surface area contributed by atoms with Crippen LogP contribution in [0, 0.1) is 0 Å². The summed E-state index contributed by atoms with van der Waals surface area (Å²) in [6.45, 7) is 3.22. The minimum absolute atomic E-state index is 0.0177. The van der Waals surface area contributed by atoms with Gasteiger partial charge < -0.3 is 18.9 Å². The van der Waals surface area contributed by atoms with Gasteiger partial charge in [0.2, 0.25) is 5.75 Å². The molecule has 0 saturated carbocycles. The fraction of sp³-hybridized carbons (Fsp3) is 0.200. The number of carbonyl (C=O) groups excluding carboxylic acids is 1. The monoisotopic (exact) mass is 786 g/mol. The van der Waals surface area contributed by atoms with Crippen molar-refractivity contribution in [3.05, 3.63) is 102 Å². The highest BCUT2D eigenvalue weighted by Crippen LogP contribution is 2.42. The van der Waals surface area contributed by atoms with E-state index in [1.807, 2.05) is 13.8 Å². The van der Waals surface area contributed by atoms with Crippen LogP contribution in [0.25, 0.3) is 22.9 Å². The number of hydrogen-bond donors (Lipinski definition) is 4. The van der Waals surface area contributed by atoms with Crippen LogP contribution in [-0.4, -0.2) is 91.1 Å². The molecule has 0 amide bonds. The van der Waals surface area contributed by atoms with Gasteiger partial charge in [-0.25, -0.2) is 24.7 Å². The number of pyridine rings is 2. The minimum atomic E-state index is -4.39. The molecular weight excluding hydrogens is 753 g/mol. The van der Waals surface area contributed by atoms with Crippen molar-refractivity contribution in [1.82, 2.24) is 45.9 Å². The molecule has 4 heterocycles. The average Bonchev–Trinajstić information content (AvgIpc) is 3.75. The van der Waals surface area contributed by atoms with Crippen molar-refractivity contribution < 1.29 is 47.4 Å². The summed E-state index contributed by atoms with van der Waals surface area (Å²) in [6.07, 6.45) is 2.94. The molecule has 20 nitrogen and oxygen atoms in total. The zero-order valence-corrected chi connectivity index (χ0v) is 30.7. The highest BCUT2D eigenvalue weighted by Gasteiger charge is 2.27. The summed E-state index contributed by atoms with van der Waals surface area (Å²) in [6, 6.07) is 18.9. The molecule has 0 aliphatic rings. The number of methoxy groups -OCH3 is 1. The summed E-state index contributed by atoms with van der Waals surface area (Å²) in [5.74, 6) is -0.662. The van der Waals surface area contributed by atoms with E-state index in [0.717, 1.165) is 5.56 Å². The Bertz CT molecular complexity index is 2360. The van der Waals surface area contributed by atoms with Gasteiger partial charge in [-0.3, -0.25) is 20.1 Å². The van der Waals surface area contributed by atoms with Crippen LogP contribution in [0.3, 0.4) is 0 Å². The number of carbonyl (C=O) groups is 1. The van der Waals surface area contributed by atoms with E-state index >= 15 is 0 Å². The first kappa shape index (κ1) is 39.1. The quantitative estimate of drug-likeness (QED) is 0.0560. The minimum Gasteiger partial charge on any atom is -0.493 e. The van der Waals surface area contributed by atoms with Gasteiger partial charge in [0.1, 0.15) is 18.9 Å². The number of aromatic amines is 1. The van der Waals surface area contributed by atoms with Crippen molar-refractivity contribution in [2.75, 3.05) is 25.0 Å². The Morgan fingerprint density at radius 1 is 0.964 bits per heavy atom. The molecule has 56 heavy (non-hydrogen) atoms. The third-order valence-electron chi connectivity index (χ3n) is 7.75. The first-order chi connectivity index (χ1) is 27.0. The predicted octanol–water partition coefficient (Wildman–Crippen LogP) is 4.59. The number of tetrazole rings is 1. The maximum atomic E-state index is 13.9. The SMILES string of the molecule is COc1ccccc1Oc1c(NS(=O)(=O)c2ccc(C(C)C)cn2)nc(-c2ccnc(-c3nnn[nH]3)c2)nc1OCCOC(=O)c1ccc(CON(O)O)cc1. The van der Waals surface area contributed by atoms with Gasteiger partial charge in [-0.15, -0.1) is 5.10 Å². The lowest BCUT2D eigenvalue weighted by Gasteiger charge is -2.18. The first-order valence-corrected chi connectivity index (χ1v) is 18.1. The lowest BCUT2D eigenvalue weighted by molar-refractivity contribution is -0.497. The summed E-state index contributed by atoms with van der Waals surface area (Å²) < 4.78 is 53.4. The van der Waals surface area contributed by atoms with E-state index in [1.54, 1.807) is 54.6 Å². The fourth-order valence-electron chi connectivity index (χ4n) is 4.90. The van der Waals surface area contributed by atoms with E-state index in [2.05, 4.69) is 50.1 Å². The molecule has 0 aliphatic carbocycles. The number of sulfonamides is 1. The highest BCUT2D eigenvalue weighted by molar-refractivity contribution is 7.92. The maximum absolute atomic E-state index is 13.9. The molecule has 4 aromatic heterocycles. The second kappa shape index (κ2) is 17.7. The second-order valence-electron chi connectivity index (χ2n) is 11.9. The average molecular weight is 787 g/mol. The van der Waals surface area contributed by atoms with Crippen LogP contribution in [0.5, 0.6) is 23.1 Å². The molecule has 6 rings (SSSR count). The van der Waals surface area contributed by atoms with Crippen molar-refractivity contribution in [2.45, 2.75) is 31.4 Å². The summed E-state index contributed by atoms with van der Waals surface area (Å²) in [7, 11) is -2.95.